The molecule has 2 aromatic heterocycles. The van der Waals surface area contributed by atoms with Gasteiger partial charge in [-0.05, 0) is 79.5 Å². The van der Waals surface area contributed by atoms with Crippen molar-refractivity contribution in [1.82, 2.24) is 15.0 Å². The number of benzene rings is 8. The first-order valence-corrected chi connectivity index (χ1v) is 20.3. The minimum absolute atomic E-state index is 0.142. The molecule has 0 atom stereocenters. The predicted molar refractivity (Wildman–Crippen MR) is 245 cm³/mol. The smallest absolute Gasteiger partial charge is 0.160 e. The SMILES string of the molecule is CC1(C)c2ccccc2-c2cc3c(-c4ccc(-c5nc(-c6ccccc6)cc(-c6ccccc6)n5)cc4)cc(-c4ccc(-c5ccccc5)c5ccccc45)nc3cc21. The van der Waals surface area contributed by atoms with E-state index in [0.717, 1.165) is 61.4 Å². The quantitative estimate of drug-likeness (QED) is 0.170. The molecule has 2 heterocycles. The molecule has 1 aliphatic rings. The Morgan fingerprint density at radius 1 is 0.305 bits per heavy atom. The molecule has 0 N–H and O–H groups in total. The van der Waals surface area contributed by atoms with Crippen LogP contribution < -0.4 is 0 Å². The van der Waals surface area contributed by atoms with Crippen LogP contribution in [0.25, 0.3) is 100 Å². The van der Waals surface area contributed by atoms with Gasteiger partial charge in [-0.1, -0.05) is 190 Å². The van der Waals surface area contributed by atoms with E-state index in [0.29, 0.717) is 5.82 Å². The highest BCUT2D eigenvalue weighted by atomic mass is 14.9. The van der Waals surface area contributed by atoms with Crippen LogP contribution >= 0.6 is 0 Å². The second kappa shape index (κ2) is 13.9. The first-order valence-electron chi connectivity index (χ1n) is 20.3. The monoisotopic (exact) mass is 753 g/mol. The fraction of sp³-hybridized carbons (Fsp3) is 0.0536. The second-order valence-electron chi connectivity index (χ2n) is 16.0. The first-order chi connectivity index (χ1) is 29.0. The van der Waals surface area contributed by atoms with Gasteiger partial charge in [-0.3, -0.25) is 0 Å². The summed E-state index contributed by atoms with van der Waals surface area (Å²) in [5.74, 6) is 0.693. The highest BCUT2D eigenvalue weighted by Gasteiger charge is 2.36. The van der Waals surface area contributed by atoms with Crippen LogP contribution in [0.15, 0.2) is 200 Å². The van der Waals surface area contributed by atoms with E-state index in [4.69, 9.17) is 15.0 Å². The maximum absolute atomic E-state index is 5.51. The van der Waals surface area contributed by atoms with Crippen molar-refractivity contribution in [3.8, 4) is 78.5 Å². The van der Waals surface area contributed by atoms with Crippen molar-refractivity contribution in [1.29, 1.82) is 0 Å². The Bertz CT molecular complexity index is 3150. The number of hydrogen-bond donors (Lipinski definition) is 0. The molecule has 0 amide bonds. The fourth-order valence-corrected chi connectivity index (χ4v) is 9.08. The van der Waals surface area contributed by atoms with Crippen molar-refractivity contribution in [3.05, 3.63) is 211 Å². The van der Waals surface area contributed by atoms with E-state index in [-0.39, 0.29) is 5.41 Å². The lowest BCUT2D eigenvalue weighted by Gasteiger charge is -2.22. The highest BCUT2D eigenvalue weighted by Crippen LogP contribution is 2.51. The summed E-state index contributed by atoms with van der Waals surface area (Å²) >= 11 is 0. The van der Waals surface area contributed by atoms with E-state index in [2.05, 4.69) is 202 Å². The molecule has 0 saturated heterocycles. The molecule has 1 aliphatic carbocycles. The third-order valence-corrected chi connectivity index (χ3v) is 12.1. The molecule has 278 valence electrons. The van der Waals surface area contributed by atoms with Gasteiger partial charge in [0.05, 0.1) is 22.6 Å². The summed E-state index contributed by atoms with van der Waals surface area (Å²) in [6, 6.07) is 71.3. The van der Waals surface area contributed by atoms with E-state index in [1.54, 1.807) is 0 Å². The molecule has 0 saturated carbocycles. The van der Waals surface area contributed by atoms with Gasteiger partial charge in [0.1, 0.15) is 0 Å². The number of nitrogens with zero attached hydrogens (tertiary/aromatic N) is 3. The van der Waals surface area contributed by atoms with Crippen LogP contribution in [0, 0.1) is 0 Å². The van der Waals surface area contributed by atoms with Crippen LogP contribution in [-0.4, -0.2) is 15.0 Å². The second-order valence-corrected chi connectivity index (χ2v) is 16.0. The molecular formula is C56H39N3. The van der Waals surface area contributed by atoms with Crippen LogP contribution in [0.4, 0.5) is 0 Å². The minimum Gasteiger partial charge on any atom is -0.248 e. The Balaban J connectivity index is 1.10. The Kier molecular flexibility index (Phi) is 8.16. The molecule has 8 aromatic carbocycles. The van der Waals surface area contributed by atoms with E-state index < -0.39 is 0 Å². The van der Waals surface area contributed by atoms with Crippen LogP contribution in [0.5, 0.6) is 0 Å². The topological polar surface area (TPSA) is 38.7 Å². The van der Waals surface area contributed by atoms with Crippen LogP contribution in [0.3, 0.4) is 0 Å². The number of aromatic nitrogens is 3. The Labute approximate surface area is 344 Å². The van der Waals surface area contributed by atoms with Crippen molar-refractivity contribution in [2.24, 2.45) is 0 Å². The fourth-order valence-electron chi connectivity index (χ4n) is 9.08. The summed E-state index contributed by atoms with van der Waals surface area (Å²) in [5.41, 5.74) is 17.7. The molecule has 3 nitrogen and oxygen atoms in total. The van der Waals surface area contributed by atoms with Crippen LogP contribution in [0.2, 0.25) is 0 Å². The number of rotatable bonds is 6. The van der Waals surface area contributed by atoms with Crippen molar-refractivity contribution in [3.63, 3.8) is 0 Å². The average Bonchev–Trinajstić information content (AvgIpc) is 3.53. The molecule has 0 spiro atoms. The highest BCUT2D eigenvalue weighted by molar-refractivity contribution is 6.07. The summed E-state index contributed by atoms with van der Waals surface area (Å²) in [7, 11) is 0. The lowest BCUT2D eigenvalue weighted by molar-refractivity contribution is 0.661. The van der Waals surface area contributed by atoms with Crippen molar-refractivity contribution in [2.75, 3.05) is 0 Å². The van der Waals surface area contributed by atoms with Crippen molar-refractivity contribution in [2.45, 2.75) is 19.3 Å². The van der Waals surface area contributed by atoms with Gasteiger partial charge in [0.15, 0.2) is 5.82 Å². The molecule has 0 radical (unpaired) electrons. The normalized spacial score (nSPS) is 12.7. The van der Waals surface area contributed by atoms with Gasteiger partial charge in [0.25, 0.3) is 0 Å². The molecule has 10 aromatic rings. The molecule has 11 rings (SSSR count). The number of fused-ring (bicyclic) bond motifs is 5. The van der Waals surface area contributed by atoms with E-state index >= 15 is 0 Å². The summed E-state index contributed by atoms with van der Waals surface area (Å²) in [5, 5.41) is 3.52. The summed E-state index contributed by atoms with van der Waals surface area (Å²) in [6.07, 6.45) is 0. The van der Waals surface area contributed by atoms with Gasteiger partial charge in [0.2, 0.25) is 0 Å². The van der Waals surface area contributed by atoms with Crippen LogP contribution in [-0.2, 0) is 5.41 Å². The Morgan fingerprint density at radius 2 is 0.831 bits per heavy atom. The third kappa shape index (κ3) is 5.94. The van der Waals surface area contributed by atoms with Crippen LogP contribution in [0.1, 0.15) is 25.0 Å². The van der Waals surface area contributed by atoms with Gasteiger partial charge in [0, 0.05) is 33.1 Å². The number of pyridine rings is 1. The maximum atomic E-state index is 5.51. The molecule has 0 unspecified atom stereocenters. The zero-order valence-corrected chi connectivity index (χ0v) is 32.9. The average molecular weight is 754 g/mol. The molecule has 59 heavy (non-hydrogen) atoms. The third-order valence-electron chi connectivity index (χ3n) is 12.1. The minimum atomic E-state index is -0.142. The maximum Gasteiger partial charge on any atom is 0.160 e. The first kappa shape index (κ1) is 34.7. The lowest BCUT2D eigenvalue weighted by atomic mass is 9.82. The Hall–Kier alpha value is -7.49. The van der Waals surface area contributed by atoms with Gasteiger partial charge in [-0.2, -0.15) is 0 Å². The van der Waals surface area contributed by atoms with Gasteiger partial charge < -0.3 is 0 Å². The zero-order chi connectivity index (χ0) is 39.5. The van der Waals surface area contributed by atoms with Gasteiger partial charge in [-0.15, -0.1) is 0 Å². The number of hydrogen-bond acceptors (Lipinski definition) is 3. The largest absolute Gasteiger partial charge is 0.248 e. The van der Waals surface area contributed by atoms with Crippen molar-refractivity contribution >= 4 is 21.7 Å². The molecule has 0 fully saturated rings. The summed E-state index contributed by atoms with van der Waals surface area (Å²) in [6.45, 7) is 4.67. The lowest BCUT2D eigenvalue weighted by Crippen LogP contribution is -2.14. The summed E-state index contributed by atoms with van der Waals surface area (Å²) < 4.78 is 0. The standard InChI is InChI=1S/C56H39N3/c1-56(2)49-25-15-14-24-44(49)47-32-48-46(33-53(57-54(48)34-50(47)56)45-31-30-41(36-16-6-3-7-17-36)42-22-12-13-23-43(42)45)37-26-28-40(29-27-37)55-58-51(38-18-8-4-9-19-38)35-52(59-55)39-20-10-5-11-21-39/h3-35H,1-2H3. The van der Waals surface area contributed by atoms with E-state index in [1.807, 2.05) is 12.1 Å². The van der Waals surface area contributed by atoms with Crippen molar-refractivity contribution < 1.29 is 0 Å². The summed E-state index contributed by atoms with van der Waals surface area (Å²) in [4.78, 5) is 15.7. The van der Waals surface area contributed by atoms with Gasteiger partial charge >= 0.3 is 0 Å². The van der Waals surface area contributed by atoms with E-state index in [1.165, 1.54) is 44.2 Å². The molecule has 0 aliphatic heterocycles. The van der Waals surface area contributed by atoms with E-state index in [9.17, 15) is 0 Å². The van der Waals surface area contributed by atoms with Gasteiger partial charge in [-0.25, -0.2) is 15.0 Å². The molecular weight excluding hydrogens is 715 g/mol. The molecule has 0 bridgehead atoms. The Morgan fingerprint density at radius 3 is 1.49 bits per heavy atom. The zero-order valence-electron chi connectivity index (χ0n) is 32.9. The predicted octanol–water partition coefficient (Wildman–Crippen LogP) is 14.5. The molecule has 3 heteroatoms.